The molecule has 0 bridgehead atoms. The first-order chi connectivity index (χ1) is 10.6. The molecule has 0 spiro atoms. The fourth-order valence-electron chi connectivity index (χ4n) is 1.50. The first-order valence-electron chi connectivity index (χ1n) is 6.39. The molecule has 0 atom stereocenters. The second-order valence-corrected chi connectivity index (χ2v) is 6.43. The van der Waals surface area contributed by atoms with E-state index in [4.69, 9.17) is 0 Å². The van der Waals surface area contributed by atoms with Gasteiger partial charge in [-0.15, -0.1) is 10.2 Å². The van der Waals surface area contributed by atoms with Crippen LogP contribution in [0, 0.1) is 6.92 Å². The highest BCUT2D eigenvalue weighted by Gasteiger charge is 2.10. The number of thioether (sulfide) groups is 1. The summed E-state index contributed by atoms with van der Waals surface area (Å²) in [6.07, 6.45) is 0. The lowest BCUT2D eigenvalue weighted by Crippen LogP contribution is -2.38. The number of carbonyl (C=O) groups excluding carboxylic acids is 2. The van der Waals surface area contributed by atoms with Crippen molar-refractivity contribution < 1.29 is 9.59 Å². The third kappa shape index (κ3) is 4.71. The maximum atomic E-state index is 11.5. The average molecular weight is 337 g/mol. The summed E-state index contributed by atoms with van der Waals surface area (Å²) in [4.78, 5) is 22.5. The zero-order valence-electron chi connectivity index (χ0n) is 12.0. The summed E-state index contributed by atoms with van der Waals surface area (Å²) in [6, 6.07) is 7.34. The Labute approximate surface area is 135 Å². The number of nitrogens with one attached hydrogen (secondary N) is 3. The van der Waals surface area contributed by atoms with E-state index in [1.807, 2.05) is 31.2 Å². The number of carbonyl (C=O) groups is 2. The van der Waals surface area contributed by atoms with Crippen LogP contribution in [0.25, 0.3) is 0 Å². The van der Waals surface area contributed by atoms with Crippen LogP contribution in [0.1, 0.15) is 5.56 Å². The van der Waals surface area contributed by atoms with Gasteiger partial charge in [-0.2, -0.15) is 0 Å². The number of hydrogen-bond donors (Lipinski definition) is 3. The van der Waals surface area contributed by atoms with Crippen LogP contribution in [-0.2, 0) is 4.79 Å². The van der Waals surface area contributed by atoms with Crippen LogP contribution in [0.5, 0.6) is 0 Å². The molecule has 2 aromatic rings. The molecule has 1 aromatic carbocycles. The number of nitrogens with zero attached hydrogens (tertiary/aromatic N) is 2. The Kier molecular flexibility index (Phi) is 5.73. The Bertz CT molecular complexity index is 674. The number of aromatic nitrogens is 2. The summed E-state index contributed by atoms with van der Waals surface area (Å²) >= 11 is 2.58. The molecule has 0 radical (unpaired) electrons. The maximum Gasteiger partial charge on any atom is 0.321 e. The van der Waals surface area contributed by atoms with Crippen molar-refractivity contribution in [2.75, 3.05) is 18.1 Å². The van der Waals surface area contributed by atoms with Crippen molar-refractivity contribution in [1.82, 2.24) is 20.8 Å². The maximum absolute atomic E-state index is 11.5. The van der Waals surface area contributed by atoms with Crippen molar-refractivity contribution in [1.29, 1.82) is 0 Å². The van der Waals surface area contributed by atoms with Gasteiger partial charge in [-0.05, 0) is 18.6 Å². The number of hydrogen-bond acceptors (Lipinski definition) is 7. The lowest BCUT2D eigenvalue weighted by Gasteiger charge is -2.04. The molecule has 3 N–H and O–H groups in total. The van der Waals surface area contributed by atoms with Gasteiger partial charge < -0.3 is 10.6 Å². The van der Waals surface area contributed by atoms with Gasteiger partial charge in [0.2, 0.25) is 11.0 Å². The Morgan fingerprint density at radius 2 is 2.05 bits per heavy atom. The van der Waals surface area contributed by atoms with Crippen LogP contribution in [0.4, 0.5) is 15.6 Å². The third-order valence-corrected chi connectivity index (χ3v) is 4.57. The van der Waals surface area contributed by atoms with Gasteiger partial charge in [0, 0.05) is 12.7 Å². The first kappa shape index (κ1) is 16.2. The van der Waals surface area contributed by atoms with Crippen LogP contribution in [0.3, 0.4) is 0 Å². The number of aryl methyl sites for hydroxylation is 1. The Morgan fingerprint density at radius 1 is 1.27 bits per heavy atom. The molecule has 7 nitrogen and oxygen atoms in total. The molecule has 0 aliphatic heterocycles. The van der Waals surface area contributed by atoms with Crippen LogP contribution in [-0.4, -0.2) is 34.9 Å². The molecule has 0 aliphatic carbocycles. The molecular formula is C13H15N5O2S2. The van der Waals surface area contributed by atoms with Crippen molar-refractivity contribution in [3.05, 3.63) is 29.8 Å². The molecule has 3 amide bonds. The number of imide groups is 1. The van der Waals surface area contributed by atoms with Crippen molar-refractivity contribution in [2.45, 2.75) is 11.3 Å². The van der Waals surface area contributed by atoms with E-state index in [-0.39, 0.29) is 11.7 Å². The van der Waals surface area contributed by atoms with Crippen molar-refractivity contribution >= 4 is 45.9 Å². The smallest absolute Gasteiger partial charge is 0.321 e. The lowest BCUT2D eigenvalue weighted by molar-refractivity contribution is -0.117. The van der Waals surface area contributed by atoms with Gasteiger partial charge in [-0.25, -0.2) is 4.79 Å². The van der Waals surface area contributed by atoms with Crippen LogP contribution >= 0.6 is 23.1 Å². The van der Waals surface area contributed by atoms with Crippen LogP contribution in [0.2, 0.25) is 0 Å². The normalized spacial score (nSPS) is 10.1. The Hall–Kier alpha value is -2.13. The number of para-hydroxylation sites is 1. The van der Waals surface area contributed by atoms with Crippen molar-refractivity contribution in [3.63, 3.8) is 0 Å². The van der Waals surface area contributed by atoms with Gasteiger partial charge in [0.1, 0.15) is 0 Å². The molecule has 116 valence electrons. The zero-order valence-corrected chi connectivity index (χ0v) is 13.7. The first-order valence-corrected chi connectivity index (χ1v) is 8.19. The average Bonchev–Trinajstić information content (AvgIpc) is 2.95. The molecule has 0 fully saturated rings. The van der Waals surface area contributed by atoms with E-state index >= 15 is 0 Å². The molecule has 1 heterocycles. The summed E-state index contributed by atoms with van der Waals surface area (Å²) in [6.45, 7) is 2.00. The lowest BCUT2D eigenvalue weighted by atomic mass is 10.2. The second-order valence-electron chi connectivity index (χ2n) is 4.23. The second kappa shape index (κ2) is 7.76. The highest BCUT2D eigenvalue weighted by molar-refractivity contribution is 8.01. The minimum atomic E-state index is -0.523. The molecule has 0 unspecified atom stereocenters. The van der Waals surface area contributed by atoms with Crippen LogP contribution < -0.4 is 16.0 Å². The van der Waals surface area contributed by atoms with E-state index in [1.54, 1.807) is 0 Å². The number of rotatable bonds is 5. The minimum Gasteiger partial charge on any atom is -0.341 e. The molecule has 1 aromatic heterocycles. The topological polar surface area (TPSA) is 96.0 Å². The SMILES string of the molecule is CNC(=O)NC(=O)CSc1nnc(Nc2ccccc2C)s1. The predicted octanol–water partition coefficient (Wildman–Crippen LogP) is 2.14. The monoisotopic (exact) mass is 337 g/mol. The van der Waals surface area contributed by atoms with Gasteiger partial charge in [-0.1, -0.05) is 41.3 Å². The Morgan fingerprint density at radius 3 is 2.77 bits per heavy atom. The van der Waals surface area contributed by atoms with Crippen LogP contribution in [0.15, 0.2) is 28.6 Å². The van der Waals surface area contributed by atoms with Gasteiger partial charge >= 0.3 is 6.03 Å². The molecule has 0 saturated heterocycles. The summed E-state index contributed by atoms with van der Waals surface area (Å²) < 4.78 is 0.656. The van der Waals surface area contributed by atoms with E-state index < -0.39 is 6.03 Å². The third-order valence-electron chi connectivity index (χ3n) is 2.60. The highest BCUT2D eigenvalue weighted by Crippen LogP contribution is 2.28. The van der Waals surface area contributed by atoms with Gasteiger partial charge in [-0.3, -0.25) is 10.1 Å². The standard InChI is InChI=1S/C13H15N5O2S2/c1-8-5-3-4-6-9(8)15-12-17-18-13(22-12)21-7-10(19)16-11(20)14-2/h3-6H,7H2,1-2H3,(H,15,17)(H2,14,16,19,20). The summed E-state index contributed by atoms with van der Waals surface area (Å²) in [7, 11) is 1.45. The molecule has 0 aliphatic rings. The summed E-state index contributed by atoms with van der Waals surface area (Å²) in [5, 5.41) is 16.4. The molecule has 2 rings (SSSR count). The zero-order chi connectivity index (χ0) is 15.9. The number of benzene rings is 1. The number of amides is 3. The fourth-order valence-corrected chi connectivity index (χ4v) is 3.06. The highest BCUT2D eigenvalue weighted by atomic mass is 32.2. The summed E-state index contributed by atoms with van der Waals surface area (Å²) in [5.74, 6) is -0.278. The summed E-state index contributed by atoms with van der Waals surface area (Å²) in [5.41, 5.74) is 2.07. The number of anilines is 2. The van der Waals surface area contributed by atoms with Gasteiger partial charge in [0.15, 0.2) is 4.34 Å². The molecule has 0 saturated carbocycles. The predicted molar refractivity (Wildman–Crippen MR) is 87.7 cm³/mol. The van der Waals surface area contributed by atoms with Gasteiger partial charge in [0.05, 0.1) is 5.75 Å². The number of urea groups is 1. The van der Waals surface area contributed by atoms with Gasteiger partial charge in [0.25, 0.3) is 0 Å². The Balaban J connectivity index is 1.88. The minimum absolute atomic E-state index is 0.104. The molecule has 9 heteroatoms. The van der Waals surface area contributed by atoms with E-state index in [1.165, 1.54) is 30.1 Å². The quantitative estimate of drug-likeness (QED) is 0.724. The van der Waals surface area contributed by atoms with E-state index in [9.17, 15) is 9.59 Å². The molecule has 22 heavy (non-hydrogen) atoms. The van der Waals surface area contributed by atoms with Crippen molar-refractivity contribution in [3.8, 4) is 0 Å². The van der Waals surface area contributed by atoms with E-state index in [0.29, 0.717) is 9.47 Å². The fraction of sp³-hybridized carbons (Fsp3) is 0.231. The largest absolute Gasteiger partial charge is 0.341 e. The van der Waals surface area contributed by atoms with Crippen molar-refractivity contribution in [2.24, 2.45) is 0 Å². The molecular weight excluding hydrogens is 322 g/mol. The van der Waals surface area contributed by atoms with E-state index in [2.05, 4.69) is 26.1 Å². The van der Waals surface area contributed by atoms with E-state index in [0.717, 1.165) is 11.3 Å².